The number of thioether (sulfide) groups is 1. The van der Waals surface area contributed by atoms with E-state index in [9.17, 15) is 4.79 Å². The molecule has 1 aliphatic heterocycles. The van der Waals surface area contributed by atoms with Crippen molar-refractivity contribution in [2.24, 2.45) is 22.7 Å². The molecular formula is C17H20N2OS. The van der Waals surface area contributed by atoms with Crippen LogP contribution in [0.15, 0.2) is 29.4 Å². The lowest BCUT2D eigenvalue weighted by Gasteiger charge is -2.23. The molecule has 4 heteroatoms. The molecule has 0 N–H and O–H groups in total. The van der Waals surface area contributed by atoms with Crippen LogP contribution in [0.25, 0.3) is 0 Å². The number of pyridine rings is 1. The van der Waals surface area contributed by atoms with Gasteiger partial charge in [0.1, 0.15) is 4.75 Å². The van der Waals surface area contributed by atoms with Gasteiger partial charge in [0.25, 0.3) is 5.91 Å². The molecule has 0 aromatic carbocycles. The first kappa shape index (κ1) is 13.5. The summed E-state index contributed by atoms with van der Waals surface area (Å²) in [5, 5.41) is 1.03. The number of amides is 1. The third kappa shape index (κ3) is 2.24. The van der Waals surface area contributed by atoms with Crippen LogP contribution in [0, 0.1) is 17.8 Å². The van der Waals surface area contributed by atoms with E-state index >= 15 is 0 Å². The first-order chi connectivity index (χ1) is 10.1. The predicted molar refractivity (Wildman–Crippen MR) is 85.2 cm³/mol. The molecule has 0 radical (unpaired) electrons. The van der Waals surface area contributed by atoms with Crippen molar-refractivity contribution in [3.8, 4) is 0 Å². The standard InChI is InChI=1S/C17H20N2OS/c1-17(14-4-2-3-7-18-14)16(20)19-15(21-17)10-13-9-11-5-6-12(13)8-11/h2-4,7,11-13H,5-6,8-10H2,1H3/t11-,12+,13-,17?/m1/s1. The zero-order valence-electron chi connectivity index (χ0n) is 12.3. The predicted octanol–water partition coefficient (Wildman–Crippen LogP) is 3.80. The second-order valence-electron chi connectivity index (χ2n) is 6.80. The largest absolute Gasteiger partial charge is 0.270 e. The average Bonchev–Trinajstić information content (AvgIpc) is 3.16. The number of aliphatic imine (C=N–C) groups is 1. The van der Waals surface area contributed by atoms with Crippen molar-refractivity contribution in [3.63, 3.8) is 0 Å². The zero-order valence-corrected chi connectivity index (χ0v) is 13.1. The number of fused-ring (bicyclic) bond motifs is 2. The van der Waals surface area contributed by atoms with Crippen molar-refractivity contribution in [2.75, 3.05) is 0 Å². The Morgan fingerprint density at radius 1 is 1.33 bits per heavy atom. The van der Waals surface area contributed by atoms with Crippen LogP contribution >= 0.6 is 11.8 Å². The average molecular weight is 300 g/mol. The minimum Gasteiger partial charge on any atom is -0.270 e. The van der Waals surface area contributed by atoms with Gasteiger partial charge in [-0.05, 0) is 62.5 Å². The van der Waals surface area contributed by atoms with Crippen LogP contribution < -0.4 is 0 Å². The van der Waals surface area contributed by atoms with Crippen LogP contribution in [0.3, 0.4) is 0 Å². The third-order valence-electron chi connectivity index (χ3n) is 5.43. The number of carbonyl (C=O) groups excluding carboxylic acids is 1. The Hall–Kier alpha value is -1.16. The molecule has 1 aromatic heterocycles. The summed E-state index contributed by atoms with van der Waals surface area (Å²) in [5.41, 5.74) is 0.826. The zero-order chi connectivity index (χ0) is 14.4. The molecule has 2 heterocycles. The number of aromatic nitrogens is 1. The van der Waals surface area contributed by atoms with E-state index < -0.39 is 4.75 Å². The Morgan fingerprint density at radius 2 is 2.24 bits per heavy atom. The first-order valence-electron chi connectivity index (χ1n) is 7.87. The van der Waals surface area contributed by atoms with E-state index in [-0.39, 0.29) is 5.91 Å². The van der Waals surface area contributed by atoms with Gasteiger partial charge in [0.15, 0.2) is 0 Å². The van der Waals surface area contributed by atoms with E-state index in [0.29, 0.717) is 0 Å². The van der Waals surface area contributed by atoms with Gasteiger partial charge < -0.3 is 0 Å². The summed E-state index contributed by atoms with van der Waals surface area (Å²) in [6.07, 6.45) is 8.32. The maximum Gasteiger partial charge on any atom is 0.268 e. The van der Waals surface area contributed by atoms with Gasteiger partial charge in [-0.25, -0.2) is 4.99 Å². The van der Waals surface area contributed by atoms with E-state index in [2.05, 4.69) is 9.98 Å². The van der Waals surface area contributed by atoms with Crippen LogP contribution in [-0.4, -0.2) is 15.9 Å². The lowest BCUT2D eigenvalue weighted by atomic mass is 9.87. The highest BCUT2D eigenvalue weighted by molar-refractivity contribution is 8.15. The Balaban J connectivity index is 1.50. The van der Waals surface area contributed by atoms with Gasteiger partial charge in [-0.3, -0.25) is 9.78 Å². The number of rotatable bonds is 3. The molecule has 0 spiro atoms. The summed E-state index contributed by atoms with van der Waals surface area (Å²) in [6, 6.07) is 5.75. The minimum absolute atomic E-state index is 0.0376. The molecule has 3 nitrogen and oxygen atoms in total. The second-order valence-corrected chi connectivity index (χ2v) is 8.29. The Bertz CT molecular complexity index is 600. The van der Waals surface area contributed by atoms with Gasteiger partial charge in [-0.1, -0.05) is 24.2 Å². The summed E-state index contributed by atoms with van der Waals surface area (Å²) in [5.74, 6) is 2.55. The molecule has 21 heavy (non-hydrogen) atoms. The Labute approximate surface area is 129 Å². The molecule has 1 amide bonds. The monoisotopic (exact) mass is 300 g/mol. The number of nitrogens with zero attached hydrogens (tertiary/aromatic N) is 2. The van der Waals surface area contributed by atoms with Crippen LogP contribution in [-0.2, 0) is 9.54 Å². The fourth-order valence-electron chi connectivity index (χ4n) is 4.27. The van der Waals surface area contributed by atoms with E-state index in [1.54, 1.807) is 18.0 Å². The normalized spacial score (nSPS) is 38.0. The number of hydrogen-bond acceptors (Lipinski definition) is 3. The topological polar surface area (TPSA) is 42.3 Å². The summed E-state index contributed by atoms with van der Waals surface area (Å²) in [6.45, 7) is 1.96. The molecule has 4 rings (SSSR count). The lowest BCUT2D eigenvalue weighted by molar-refractivity contribution is -0.119. The SMILES string of the molecule is CC1(c2ccccn2)SC(C[C@H]2C[C@@H]3CC[C@H]2C3)=NC1=O. The van der Waals surface area contributed by atoms with E-state index in [0.717, 1.165) is 34.9 Å². The number of carbonyl (C=O) groups is 1. The van der Waals surface area contributed by atoms with Crippen LogP contribution in [0.5, 0.6) is 0 Å². The Morgan fingerprint density at radius 3 is 2.90 bits per heavy atom. The van der Waals surface area contributed by atoms with E-state index in [4.69, 9.17) is 0 Å². The molecule has 2 fully saturated rings. The first-order valence-corrected chi connectivity index (χ1v) is 8.69. The third-order valence-corrected chi connectivity index (χ3v) is 6.72. The molecule has 4 atom stereocenters. The summed E-state index contributed by atoms with van der Waals surface area (Å²) < 4.78 is -0.617. The van der Waals surface area contributed by atoms with Crippen LogP contribution in [0.2, 0.25) is 0 Å². The molecule has 2 bridgehead atoms. The van der Waals surface area contributed by atoms with E-state index in [1.807, 2.05) is 25.1 Å². The van der Waals surface area contributed by atoms with Crippen molar-refractivity contribution in [1.29, 1.82) is 0 Å². The molecule has 0 saturated heterocycles. The van der Waals surface area contributed by atoms with E-state index in [1.165, 1.54) is 25.7 Å². The van der Waals surface area contributed by atoms with Crippen molar-refractivity contribution in [3.05, 3.63) is 30.1 Å². The summed E-state index contributed by atoms with van der Waals surface area (Å²) >= 11 is 1.63. The van der Waals surface area contributed by atoms with Crippen molar-refractivity contribution >= 4 is 22.7 Å². The molecule has 1 unspecified atom stereocenters. The van der Waals surface area contributed by atoms with Gasteiger partial charge in [0.2, 0.25) is 0 Å². The highest BCUT2D eigenvalue weighted by atomic mass is 32.2. The maximum absolute atomic E-state index is 12.4. The molecule has 110 valence electrons. The van der Waals surface area contributed by atoms with Gasteiger partial charge in [0, 0.05) is 6.20 Å². The van der Waals surface area contributed by atoms with Crippen LogP contribution in [0.1, 0.15) is 44.7 Å². The lowest BCUT2D eigenvalue weighted by Crippen LogP contribution is -2.25. The molecular weight excluding hydrogens is 280 g/mol. The fourth-order valence-corrected chi connectivity index (χ4v) is 5.52. The molecule has 2 saturated carbocycles. The van der Waals surface area contributed by atoms with Gasteiger partial charge in [-0.2, -0.15) is 0 Å². The summed E-state index contributed by atoms with van der Waals surface area (Å²) in [7, 11) is 0. The highest BCUT2D eigenvalue weighted by Crippen LogP contribution is 2.52. The van der Waals surface area contributed by atoms with Crippen molar-refractivity contribution in [2.45, 2.75) is 43.8 Å². The van der Waals surface area contributed by atoms with Gasteiger partial charge >= 0.3 is 0 Å². The summed E-state index contributed by atoms with van der Waals surface area (Å²) in [4.78, 5) is 21.1. The Kier molecular flexibility index (Phi) is 3.18. The quantitative estimate of drug-likeness (QED) is 0.853. The van der Waals surface area contributed by atoms with Crippen molar-refractivity contribution < 1.29 is 4.79 Å². The smallest absolute Gasteiger partial charge is 0.268 e. The number of hydrogen-bond donors (Lipinski definition) is 0. The van der Waals surface area contributed by atoms with Gasteiger partial charge in [0.05, 0.1) is 10.7 Å². The molecule has 2 aliphatic carbocycles. The van der Waals surface area contributed by atoms with Crippen LogP contribution in [0.4, 0.5) is 0 Å². The fraction of sp³-hybridized carbons (Fsp3) is 0.588. The maximum atomic E-state index is 12.4. The van der Waals surface area contributed by atoms with Crippen molar-refractivity contribution in [1.82, 2.24) is 4.98 Å². The molecule has 3 aliphatic rings. The second kappa shape index (κ2) is 4.94. The highest BCUT2D eigenvalue weighted by Gasteiger charge is 2.46. The van der Waals surface area contributed by atoms with Gasteiger partial charge in [-0.15, -0.1) is 0 Å². The minimum atomic E-state index is -0.617. The molecule has 1 aromatic rings.